The van der Waals surface area contributed by atoms with E-state index in [1.807, 2.05) is 11.6 Å². The molecule has 1 saturated heterocycles. The first-order valence-electron chi connectivity index (χ1n) is 4.67. The van der Waals surface area contributed by atoms with Crippen molar-refractivity contribution in [2.24, 2.45) is 5.73 Å². The molecule has 4 heteroatoms. The van der Waals surface area contributed by atoms with E-state index in [9.17, 15) is 0 Å². The second kappa shape index (κ2) is 3.27. The normalized spacial score (nSPS) is 20.0. The first kappa shape index (κ1) is 8.97. The Bertz CT molecular complexity index is 264. The van der Waals surface area contributed by atoms with Crippen molar-refractivity contribution < 1.29 is 0 Å². The Labute approximate surface area is 82.6 Å². The van der Waals surface area contributed by atoms with Crippen LogP contribution in [0.2, 0.25) is 0 Å². The zero-order valence-corrected chi connectivity index (χ0v) is 8.68. The SMILES string of the molecule is CCCC1(N)CN(c2nccs2)C1. The minimum Gasteiger partial charge on any atom is -0.344 e. The molecule has 1 aromatic rings. The minimum absolute atomic E-state index is 0.0560. The van der Waals surface area contributed by atoms with Gasteiger partial charge in [-0.1, -0.05) is 13.3 Å². The van der Waals surface area contributed by atoms with E-state index in [0.717, 1.165) is 24.6 Å². The number of nitrogens with two attached hydrogens (primary N) is 1. The summed E-state index contributed by atoms with van der Waals surface area (Å²) in [6, 6.07) is 0. The molecule has 13 heavy (non-hydrogen) atoms. The van der Waals surface area contributed by atoms with Crippen molar-refractivity contribution in [2.75, 3.05) is 18.0 Å². The van der Waals surface area contributed by atoms with E-state index in [4.69, 9.17) is 5.73 Å². The maximum absolute atomic E-state index is 6.15. The average molecular weight is 197 g/mol. The number of nitrogens with zero attached hydrogens (tertiary/aromatic N) is 2. The summed E-state index contributed by atoms with van der Waals surface area (Å²) in [5, 5.41) is 3.11. The summed E-state index contributed by atoms with van der Waals surface area (Å²) in [6.45, 7) is 4.11. The lowest BCUT2D eigenvalue weighted by Crippen LogP contribution is -2.67. The van der Waals surface area contributed by atoms with Gasteiger partial charge >= 0.3 is 0 Å². The standard InChI is InChI=1S/C9H15N3S/c1-2-3-9(10)6-12(7-9)8-11-4-5-13-8/h4-5H,2-3,6-7,10H2,1H3. The van der Waals surface area contributed by atoms with Crippen molar-refractivity contribution in [3.63, 3.8) is 0 Å². The molecule has 1 aliphatic heterocycles. The summed E-state index contributed by atoms with van der Waals surface area (Å²) in [6.07, 6.45) is 4.13. The van der Waals surface area contributed by atoms with Crippen molar-refractivity contribution in [2.45, 2.75) is 25.3 Å². The third-order valence-electron chi connectivity index (χ3n) is 2.45. The van der Waals surface area contributed by atoms with Gasteiger partial charge in [0, 0.05) is 24.7 Å². The van der Waals surface area contributed by atoms with Crippen LogP contribution in [0, 0.1) is 0 Å². The van der Waals surface area contributed by atoms with Crippen LogP contribution in [0.15, 0.2) is 11.6 Å². The first-order chi connectivity index (χ1) is 6.23. The predicted octanol–water partition coefficient (Wildman–Crippen LogP) is 1.46. The molecule has 0 aliphatic carbocycles. The van der Waals surface area contributed by atoms with Crippen LogP contribution in [-0.2, 0) is 0 Å². The van der Waals surface area contributed by atoms with Gasteiger partial charge in [0.25, 0.3) is 0 Å². The van der Waals surface area contributed by atoms with Crippen LogP contribution in [-0.4, -0.2) is 23.6 Å². The van der Waals surface area contributed by atoms with E-state index >= 15 is 0 Å². The van der Waals surface area contributed by atoms with Crippen molar-refractivity contribution in [3.8, 4) is 0 Å². The topological polar surface area (TPSA) is 42.1 Å². The zero-order chi connectivity index (χ0) is 9.31. The van der Waals surface area contributed by atoms with Crippen LogP contribution >= 0.6 is 11.3 Å². The molecule has 0 radical (unpaired) electrons. The molecule has 2 N–H and O–H groups in total. The Kier molecular flexibility index (Phi) is 2.26. The highest BCUT2D eigenvalue weighted by atomic mass is 32.1. The van der Waals surface area contributed by atoms with Gasteiger partial charge in [-0.3, -0.25) is 0 Å². The molecule has 2 heterocycles. The van der Waals surface area contributed by atoms with Crippen LogP contribution in [0.4, 0.5) is 5.13 Å². The number of thiazole rings is 1. The fourth-order valence-electron chi connectivity index (χ4n) is 1.88. The van der Waals surface area contributed by atoms with E-state index in [1.54, 1.807) is 11.3 Å². The molecule has 1 aliphatic rings. The van der Waals surface area contributed by atoms with Gasteiger partial charge in [-0.25, -0.2) is 4.98 Å². The fourth-order valence-corrected chi connectivity index (χ4v) is 2.52. The van der Waals surface area contributed by atoms with E-state index in [2.05, 4.69) is 16.8 Å². The highest BCUT2D eigenvalue weighted by Crippen LogP contribution is 2.29. The predicted molar refractivity (Wildman–Crippen MR) is 56.2 cm³/mol. The van der Waals surface area contributed by atoms with Crippen LogP contribution < -0.4 is 10.6 Å². The molecule has 2 rings (SSSR count). The molecule has 1 fully saturated rings. The average Bonchev–Trinajstić information content (AvgIpc) is 2.52. The fraction of sp³-hybridized carbons (Fsp3) is 0.667. The molecule has 1 aromatic heterocycles. The molecule has 0 saturated carbocycles. The number of aromatic nitrogens is 1. The Morgan fingerprint density at radius 3 is 3.00 bits per heavy atom. The van der Waals surface area contributed by atoms with E-state index in [0.29, 0.717) is 0 Å². The molecule has 0 atom stereocenters. The van der Waals surface area contributed by atoms with E-state index in [1.165, 1.54) is 6.42 Å². The van der Waals surface area contributed by atoms with Crippen molar-refractivity contribution in [1.29, 1.82) is 0 Å². The van der Waals surface area contributed by atoms with Gasteiger partial charge in [-0.2, -0.15) is 0 Å². The smallest absolute Gasteiger partial charge is 0.185 e. The third-order valence-corrected chi connectivity index (χ3v) is 3.28. The molecule has 72 valence electrons. The van der Waals surface area contributed by atoms with Crippen molar-refractivity contribution >= 4 is 16.5 Å². The molecule has 0 bridgehead atoms. The molecule has 0 amide bonds. The lowest BCUT2D eigenvalue weighted by Gasteiger charge is -2.47. The van der Waals surface area contributed by atoms with Crippen LogP contribution in [0.3, 0.4) is 0 Å². The number of anilines is 1. The summed E-state index contributed by atoms with van der Waals surface area (Å²) in [7, 11) is 0. The van der Waals surface area contributed by atoms with Crippen LogP contribution in [0.1, 0.15) is 19.8 Å². The third kappa shape index (κ3) is 1.69. The highest BCUT2D eigenvalue weighted by molar-refractivity contribution is 7.13. The zero-order valence-electron chi connectivity index (χ0n) is 7.86. The number of hydrogen-bond acceptors (Lipinski definition) is 4. The molecular weight excluding hydrogens is 182 g/mol. The molecule has 0 spiro atoms. The molecule has 0 aromatic carbocycles. The second-order valence-electron chi connectivity index (χ2n) is 3.78. The summed E-state index contributed by atoms with van der Waals surface area (Å²) in [5.41, 5.74) is 6.20. The Morgan fingerprint density at radius 1 is 1.69 bits per heavy atom. The van der Waals surface area contributed by atoms with Gasteiger partial charge in [0.15, 0.2) is 5.13 Å². The van der Waals surface area contributed by atoms with Gasteiger partial charge in [0.1, 0.15) is 0 Å². The van der Waals surface area contributed by atoms with E-state index in [-0.39, 0.29) is 5.54 Å². The van der Waals surface area contributed by atoms with Crippen LogP contribution in [0.5, 0.6) is 0 Å². The highest BCUT2D eigenvalue weighted by Gasteiger charge is 2.39. The van der Waals surface area contributed by atoms with Crippen LogP contribution in [0.25, 0.3) is 0 Å². The number of hydrogen-bond donors (Lipinski definition) is 1. The Balaban J connectivity index is 1.91. The van der Waals surface area contributed by atoms with Gasteiger partial charge in [-0.15, -0.1) is 11.3 Å². The second-order valence-corrected chi connectivity index (χ2v) is 4.66. The quantitative estimate of drug-likeness (QED) is 0.797. The maximum atomic E-state index is 6.15. The summed E-state index contributed by atoms with van der Waals surface area (Å²) < 4.78 is 0. The Hall–Kier alpha value is -0.610. The summed E-state index contributed by atoms with van der Waals surface area (Å²) in [4.78, 5) is 6.50. The largest absolute Gasteiger partial charge is 0.344 e. The molecule has 0 unspecified atom stereocenters. The van der Waals surface area contributed by atoms with Gasteiger partial charge in [0.05, 0.1) is 5.54 Å². The van der Waals surface area contributed by atoms with Gasteiger partial charge in [-0.05, 0) is 6.42 Å². The summed E-state index contributed by atoms with van der Waals surface area (Å²) in [5.74, 6) is 0. The maximum Gasteiger partial charge on any atom is 0.185 e. The number of rotatable bonds is 3. The van der Waals surface area contributed by atoms with Gasteiger partial charge < -0.3 is 10.6 Å². The molecular formula is C9H15N3S. The monoisotopic (exact) mass is 197 g/mol. The van der Waals surface area contributed by atoms with E-state index < -0.39 is 0 Å². The minimum atomic E-state index is 0.0560. The van der Waals surface area contributed by atoms with Crippen molar-refractivity contribution in [1.82, 2.24) is 4.98 Å². The summed E-state index contributed by atoms with van der Waals surface area (Å²) >= 11 is 1.68. The van der Waals surface area contributed by atoms with Gasteiger partial charge in [0.2, 0.25) is 0 Å². The molecule has 3 nitrogen and oxygen atoms in total. The lowest BCUT2D eigenvalue weighted by atomic mass is 9.87. The van der Waals surface area contributed by atoms with Crippen molar-refractivity contribution in [3.05, 3.63) is 11.6 Å². The Morgan fingerprint density at radius 2 is 2.46 bits per heavy atom. The lowest BCUT2D eigenvalue weighted by molar-refractivity contribution is 0.307. The first-order valence-corrected chi connectivity index (χ1v) is 5.55.